The summed E-state index contributed by atoms with van der Waals surface area (Å²) in [6, 6.07) is 5.70. The number of imide groups is 1. The number of ketones is 1. The van der Waals surface area contributed by atoms with E-state index in [4.69, 9.17) is 4.74 Å². The number of hydrogen-bond acceptors (Lipinski definition) is 6. The van der Waals surface area contributed by atoms with Gasteiger partial charge < -0.3 is 15.4 Å². The van der Waals surface area contributed by atoms with E-state index in [1.54, 1.807) is 25.1 Å². The second kappa shape index (κ2) is 7.41. The number of carbonyl (C=O) groups excluding carboxylic acids is 5. The van der Waals surface area contributed by atoms with E-state index >= 15 is 0 Å². The highest BCUT2D eigenvalue weighted by atomic mass is 16.5. The van der Waals surface area contributed by atoms with Crippen LogP contribution in [0, 0.1) is 5.92 Å². The molecule has 9 heteroatoms. The fourth-order valence-corrected chi connectivity index (χ4v) is 3.13. The minimum absolute atomic E-state index is 0.0847. The highest BCUT2D eigenvalue weighted by molar-refractivity contribution is 6.09. The number of anilines is 1. The van der Waals surface area contributed by atoms with Gasteiger partial charge >= 0.3 is 12.0 Å². The van der Waals surface area contributed by atoms with Crippen molar-refractivity contribution < 1.29 is 28.7 Å². The molecule has 3 rings (SSSR count). The largest absolute Gasteiger partial charge is 0.454 e. The second-order valence-electron chi connectivity index (χ2n) is 7.14. The molecule has 1 aliphatic carbocycles. The third-order valence-electron chi connectivity index (χ3n) is 4.90. The van der Waals surface area contributed by atoms with Crippen molar-refractivity contribution in [2.24, 2.45) is 5.92 Å². The van der Waals surface area contributed by atoms with E-state index < -0.39 is 42.5 Å². The molecule has 2 aliphatic rings. The van der Waals surface area contributed by atoms with Crippen LogP contribution in [0.2, 0.25) is 0 Å². The zero-order chi connectivity index (χ0) is 20.5. The Bertz CT molecular complexity index is 863. The average Bonchev–Trinajstić information content (AvgIpc) is 3.46. The maximum absolute atomic E-state index is 12.4. The number of amides is 4. The van der Waals surface area contributed by atoms with E-state index in [1.165, 1.54) is 13.0 Å². The number of urea groups is 1. The lowest BCUT2D eigenvalue weighted by atomic mass is 9.96. The average molecular weight is 387 g/mol. The molecule has 0 radical (unpaired) electrons. The molecule has 1 heterocycles. The molecule has 28 heavy (non-hydrogen) atoms. The van der Waals surface area contributed by atoms with Crippen LogP contribution in [0.3, 0.4) is 0 Å². The molecule has 1 aromatic carbocycles. The fourth-order valence-electron chi connectivity index (χ4n) is 3.13. The van der Waals surface area contributed by atoms with Crippen LogP contribution >= 0.6 is 0 Å². The topological polar surface area (TPSA) is 122 Å². The maximum Gasteiger partial charge on any atom is 0.326 e. The quantitative estimate of drug-likeness (QED) is 0.410. The summed E-state index contributed by atoms with van der Waals surface area (Å²) in [5.41, 5.74) is -0.147. The number of Topliss-reactive ketones (excluding diaryl/α,β-unsaturated/α-hetero) is 1. The highest BCUT2D eigenvalue weighted by Crippen LogP contribution is 2.42. The van der Waals surface area contributed by atoms with Gasteiger partial charge in [-0.2, -0.15) is 0 Å². The van der Waals surface area contributed by atoms with Crippen molar-refractivity contribution in [3.8, 4) is 0 Å². The molecule has 0 unspecified atom stereocenters. The predicted molar refractivity (Wildman–Crippen MR) is 97.4 cm³/mol. The number of carbonyl (C=O) groups is 5. The number of ether oxygens (including phenoxy) is 1. The fraction of sp³-hybridized carbons (Fsp3) is 0.421. The summed E-state index contributed by atoms with van der Waals surface area (Å²) < 4.78 is 4.86. The van der Waals surface area contributed by atoms with Crippen LogP contribution in [0.4, 0.5) is 10.5 Å². The molecule has 9 nitrogen and oxygen atoms in total. The maximum atomic E-state index is 12.4. The van der Waals surface area contributed by atoms with Gasteiger partial charge in [0.05, 0.1) is 0 Å². The molecule has 1 atom stereocenters. The van der Waals surface area contributed by atoms with Crippen molar-refractivity contribution in [1.29, 1.82) is 0 Å². The minimum Gasteiger partial charge on any atom is -0.454 e. The van der Waals surface area contributed by atoms with E-state index in [2.05, 4.69) is 10.6 Å². The van der Waals surface area contributed by atoms with Crippen molar-refractivity contribution >= 4 is 35.3 Å². The van der Waals surface area contributed by atoms with Crippen molar-refractivity contribution in [1.82, 2.24) is 10.2 Å². The van der Waals surface area contributed by atoms with E-state index in [0.29, 0.717) is 11.3 Å². The van der Waals surface area contributed by atoms with Crippen LogP contribution in [0.5, 0.6) is 0 Å². The van der Waals surface area contributed by atoms with Crippen LogP contribution in [0.1, 0.15) is 37.0 Å². The van der Waals surface area contributed by atoms with Crippen LogP contribution in [0.15, 0.2) is 24.3 Å². The van der Waals surface area contributed by atoms with Crippen LogP contribution < -0.4 is 10.6 Å². The Morgan fingerprint density at radius 1 is 1.29 bits per heavy atom. The summed E-state index contributed by atoms with van der Waals surface area (Å²) in [6.07, 6.45) is 1.71. The Morgan fingerprint density at radius 2 is 2.00 bits per heavy atom. The minimum atomic E-state index is -0.976. The normalized spacial score (nSPS) is 21.3. The van der Waals surface area contributed by atoms with Crippen LogP contribution in [0.25, 0.3) is 0 Å². The lowest BCUT2D eigenvalue weighted by Gasteiger charge is -2.20. The first kappa shape index (κ1) is 19.5. The molecule has 1 saturated carbocycles. The SMILES string of the molecule is CC(=O)c1cccc(NC(=O)COC(=O)CN2C(=O)N[C@@](C)(C3CC3)C2=O)c1. The van der Waals surface area contributed by atoms with Crippen LogP contribution in [-0.4, -0.2) is 53.2 Å². The monoisotopic (exact) mass is 387 g/mol. The molecular formula is C19H21N3O6. The first-order valence-corrected chi connectivity index (χ1v) is 8.91. The van der Waals surface area contributed by atoms with Gasteiger partial charge in [0.1, 0.15) is 12.1 Å². The van der Waals surface area contributed by atoms with Crippen LogP contribution in [-0.2, 0) is 19.1 Å². The molecule has 1 aromatic rings. The van der Waals surface area contributed by atoms with Crippen molar-refractivity contribution in [2.75, 3.05) is 18.5 Å². The van der Waals surface area contributed by atoms with Gasteiger partial charge in [-0.05, 0) is 44.7 Å². The number of esters is 1. The lowest BCUT2D eigenvalue weighted by Crippen LogP contribution is -2.46. The Balaban J connectivity index is 1.49. The van der Waals surface area contributed by atoms with E-state index in [-0.39, 0.29) is 11.7 Å². The number of hydrogen-bond donors (Lipinski definition) is 2. The Hall–Kier alpha value is -3.23. The summed E-state index contributed by atoms with van der Waals surface area (Å²) in [5, 5.41) is 5.14. The molecule has 2 fully saturated rings. The molecule has 1 saturated heterocycles. The van der Waals surface area contributed by atoms with E-state index in [0.717, 1.165) is 17.7 Å². The lowest BCUT2D eigenvalue weighted by molar-refractivity contribution is -0.150. The first-order chi connectivity index (χ1) is 13.2. The summed E-state index contributed by atoms with van der Waals surface area (Å²) >= 11 is 0. The van der Waals surface area contributed by atoms with Gasteiger partial charge in [0, 0.05) is 11.3 Å². The Kier molecular flexibility index (Phi) is 5.17. The third-order valence-corrected chi connectivity index (χ3v) is 4.90. The molecule has 0 spiro atoms. The zero-order valence-corrected chi connectivity index (χ0v) is 15.6. The van der Waals surface area contributed by atoms with Gasteiger partial charge in [-0.1, -0.05) is 12.1 Å². The molecule has 148 valence electrons. The molecule has 4 amide bonds. The summed E-state index contributed by atoms with van der Waals surface area (Å²) in [6.45, 7) is 1.93. The summed E-state index contributed by atoms with van der Waals surface area (Å²) in [7, 11) is 0. The van der Waals surface area contributed by atoms with Gasteiger partial charge in [0.25, 0.3) is 11.8 Å². The summed E-state index contributed by atoms with van der Waals surface area (Å²) in [4.78, 5) is 60.5. The standard InChI is InChI=1S/C19H21N3O6/c1-11(23)12-4-3-5-14(8-12)20-15(24)10-28-16(25)9-22-17(26)19(2,13-6-7-13)21-18(22)27/h3-5,8,13H,6-7,9-10H2,1-2H3,(H,20,24)(H,21,27)/t19-/m0/s1. The predicted octanol–water partition coefficient (Wildman–Crippen LogP) is 1.09. The van der Waals surface area contributed by atoms with Gasteiger partial charge in [0.2, 0.25) is 0 Å². The van der Waals surface area contributed by atoms with Gasteiger partial charge in [-0.25, -0.2) is 4.79 Å². The van der Waals surface area contributed by atoms with E-state index in [9.17, 15) is 24.0 Å². The Labute approximate surface area is 161 Å². The molecule has 1 aliphatic heterocycles. The van der Waals surface area contributed by atoms with Crippen molar-refractivity contribution in [3.63, 3.8) is 0 Å². The Morgan fingerprint density at radius 3 is 2.64 bits per heavy atom. The second-order valence-corrected chi connectivity index (χ2v) is 7.14. The molecule has 0 aromatic heterocycles. The van der Waals surface area contributed by atoms with Crippen molar-refractivity contribution in [2.45, 2.75) is 32.2 Å². The highest BCUT2D eigenvalue weighted by Gasteiger charge is 2.56. The van der Waals surface area contributed by atoms with E-state index in [1.807, 2.05) is 0 Å². The van der Waals surface area contributed by atoms with Gasteiger partial charge in [-0.3, -0.25) is 24.1 Å². The molecule has 0 bridgehead atoms. The molecular weight excluding hydrogens is 366 g/mol. The van der Waals surface area contributed by atoms with Gasteiger partial charge in [0.15, 0.2) is 12.4 Å². The third kappa shape index (κ3) is 4.03. The van der Waals surface area contributed by atoms with Crippen molar-refractivity contribution in [3.05, 3.63) is 29.8 Å². The number of nitrogens with one attached hydrogen (secondary N) is 2. The number of rotatable bonds is 7. The molecule has 2 N–H and O–H groups in total. The smallest absolute Gasteiger partial charge is 0.326 e. The number of nitrogens with zero attached hydrogens (tertiary/aromatic N) is 1. The zero-order valence-electron chi connectivity index (χ0n) is 15.6. The van der Waals surface area contributed by atoms with Gasteiger partial charge in [-0.15, -0.1) is 0 Å². The number of benzene rings is 1. The summed E-state index contributed by atoms with van der Waals surface area (Å²) in [5.74, 6) is -1.98. The first-order valence-electron chi connectivity index (χ1n) is 8.91.